The molecule has 3 heteroatoms. The van der Waals surface area contributed by atoms with Gasteiger partial charge in [-0.3, -0.25) is 5.10 Å². The quantitative estimate of drug-likeness (QED) is 0.864. The standard InChI is InChI=1S/C15H20N2O/c1-4-5-14(18)12-6-8-13(9-7-12)15-10(2)16-17-11(15)3/h6-9,14,18H,4-5H2,1-3H3,(H,16,17)/t14-/m1/s1. The van der Waals surface area contributed by atoms with Crippen molar-refractivity contribution < 1.29 is 5.11 Å². The Labute approximate surface area is 108 Å². The highest BCUT2D eigenvalue weighted by molar-refractivity contribution is 5.68. The van der Waals surface area contributed by atoms with Gasteiger partial charge >= 0.3 is 0 Å². The molecule has 0 bridgehead atoms. The number of nitrogens with one attached hydrogen (secondary N) is 1. The van der Waals surface area contributed by atoms with Crippen molar-refractivity contribution in [1.82, 2.24) is 10.2 Å². The summed E-state index contributed by atoms with van der Waals surface area (Å²) in [6.45, 7) is 6.10. The molecule has 2 aromatic rings. The number of aromatic nitrogens is 2. The summed E-state index contributed by atoms with van der Waals surface area (Å²) in [5.41, 5.74) is 5.38. The molecule has 0 radical (unpaired) electrons. The molecule has 0 aliphatic rings. The molecule has 1 aromatic carbocycles. The van der Waals surface area contributed by atoms with E-state index in [0.717, 1.165) is 40.9 Å². The molecule has 0 saturated heterocycles. The van der Waals surface area contributed by atoms with Crippen molar-refractivity contribution >= 4 is 0 Å². The van der Waals surface area contributed by atoms with Gasteiger partial charge in [0.25, 0.3) is 0 Å². The summed E-state index contributed by atoms with van der Waals surface area (Å²) in [6, 6.07) is 8.11. The van der Waals surface area contributed by atoms with E-state index in [4.69, 9.17) is 0 Å². The Kier molecular flexibility index (Phi) is 3.82. The highest BCUT2D eigenvalue weighted by Crippen LogP contribution is 2.27. The Hall–Kier alpha value is -1.61. The largest absolute Gasteiger partial charge is 0.388 e. The van der Waals surface area contributed by atoms with E-state index >= 15 is 0 Å². The van der Waals surface area contributed by atoms with Crippen LogP contribution in [0.2, 0.25) is 0 Å². The first-order valence-corrected chi connectivity index (χ1v) is 6.43. The smallest absolute Gasteiger partial charge is 0.0790 e. The SMILES string of the molecule is CCC[C@@H](O)c1ccc(-c2c(C)n[nH]c2C)cc1. The zero-order valence-electron chi connectivity index (χ0n) is 11.2. The van der Waals surface area contributed by atoms with Gasteiger partial charge in [0.2, 0.25) is 0 Å². The van der Waals surface area contributed by atoms with E-state index in [9.17, 15) is 5.11 Å². The van der Waals surface area contributed by atoms with Crippen LogP contribution in [0.4, 0.5) is 0 Å². The van der Waals surface area contributed by atoms with Crippen LogP contribution in [0.1, 0.15) is 42.8 Å². The first kappa shape index (κ1) is 12.8. The first-order chi connectivity index (χ1) is 8.63. The molecule has 2 rings (SSSR count). The first-order valence-electron chi connectivity index (χ1n) is 6.43. The summed E-state index contributed by atoms with van der Waals surface area (Å²) in [4.78, 5) is 0. The fourth-order valence-electron chi connectivity index (χ4n) is 2.29. The lowest BCUT2D eigenvalue weighted by molar-refractivity contribution is 0.166. The minimum Gasteiger partial charge on any atom is -0.388 e. The minimum absolute atomic E-state index is 0.351. The zero-order valence-corrected chi connectivity index (χ0v) is 11.2. The maximum atomic E-state index is 9.93. The molecule has 3 nitrogen and oxygen atoms in total. The lowest BCUT2D eigenvalue weighted by Gasteiger charge is -2.10. The summed E-state index contributed by atoms with van der Waals surface area (Å²) in [6.07, 6.45) is 1.45. The molecular weight excluding hydrogens is 224 g/mol. The van der Waals surface area contributed by atoms with Gasteiger partial charge in [-0.25, -0.2) is 0 Å². The van der Waals surface area contributed by atoms with Crippen LogP contribution in [0.5, 0.6) is 0 Å². The number of hydrogen-bond donors (Lipinski definition) is 2. The Morgan fingerprint density at radius 2 is 1.89 bits per heavy atom. The van der Waals surface area contributed by atoms with Crippen molar-refractivity contribution in [2.45, 2.75) is 39.7 Å². The monoisotopic (exact) mass is 244 g/mol. The average molecular weight is 244 g/mol. The van der Waals surface area contributed by atoms with Crippen LogP contribution < -0.4 is 0 Å². The number of aliphatic hydroxyl groups excluding tert-OH is 1. The van der Waals surface area contributed by atoms with Crippen LogP contribution in [0, 0.1) is 13.8 Å². The van der Waals surface area contributed by atoms with Gasteiger partial charge in [-0.05, 0) is 31.4 Å². The van der Waals surface area contributed by atoms with Crippen molar-refractivity contribution in [3.63, 3.8) is 0 Å². The lowest BCUT2D eigenvalue weighted by Crippen LogP contribution is -1.96. The number of hydrogen-bond acceptors (Lipinski definition) is 2. The summed E-state index contributed by atoms with van der Waals surface area (Å²) >= 11 is 0. The normalized spacial score (nSPS) is 12.7. The average Bonchev–Trinajstić information content (AvgIpc) is 2.70. The van der Waals surface area contributed by atoms with Crippen molar-refractivity contribution in [3.05, 3.63) is 41.2 Å². The van der Waals surface area contributed by atoms with Crippen molar-refractivity contribution in [2.75, 3.05) is 0 Å². The number of aliphatic hydroxyl groups is 1. The molecule has 0 amide bonds. The second-order valence-corrected chi connectivity index (χ2v) is 4.74. The number of aryl methyl sites for hydroxylation is 2. The maximum Gasteiger partial charge on any atom is 0.0790 e. The predicted octanol–water partition coefficient (Wildman–Crippen LogP) is 3.53. The summed E-state index contributed by atoms with van der Waals surface area (Å²) < 4.78 is 0. The highest BCUT2D eigenvalue weighted by Gasteiger charge is 2.10. The lowest BCUT2D eigenvalue weighted by atomic mass is 9.99. The third-order valence-corrected chi connectivity index (χ3v) is 3.27. The molecule has 1 aromatic heterocycles. The molecule has 0 fully saturated rings. The van der Waals surface area contributed by atoms with Crippen LogP contribution in [-0.4, -0.2) is 15.3 Å². The number of benzene rings is 1. The molecule has 1 atom stereocenters. The number of nitrogens with zero attached hydrogens (tertiary/aromatic N) is 1. The van der Waals surface area contributed by atoms with E-state index in [-0.39, 0.29) is 6.10 Å². The van der Waals surface area contributed by atoms with E-state index in [1.54, 1.807) is 0 Å². The molecule has 0 aliphatic heterocycles. The van der Waals surface area contributed by atoms with Crippen molar-refractivity contribution in [3.8, 4) is 11.1 Å². The Morgan fingerprint density at radius 3 is 2.39 bits per heavy atom. The molecule has 0 spiro atoms. The molecule has 2 N–H and O–H groups in total. The predicted molar refractivity (Wildman–Crippen MR) is 73.4 cm³/mol. The number of rotatable bonds is 4. The van der Waals surface area contributed by atoms with Crippen LogP contribution in [0.15, 0.2) is 24.3 Å². The highest BCUT2D eigenvalue weighted by atomic mass is 16.3. The van der Waals surface area contributed by atoms with Gasteiger partial charge in [-0.1, -0.05) is 37.6 Å². The van der Waals surface area contributed by atoms with Gasteiger partial charge in [-0.2, -0.15) is 5.10 Å². The van der Waals surface area contributed by atoms with Crippen molar-refractivity contribution in [1.29, 1.82) is 0 Å². The maximum absolute atomic E-state index is 9.93. The van der Waals surface area contributed by atoms with E-state index < -0.39 is 0 Å². The third-order valence-electron chi connectivity index (χ3n) is 3.27. The number of aromatic amines is 1. The van der Waals surface area contributed by atoms with E-state index in [2.05, 4.69) is 29.3 Å². The Balaban J connectivity index is 2.28. The van der Waals surface area contributed by atoms with Gasteiger partial charge in [-0.15, -0.1) is 0 Å². The van der Waals surface area contributed by atoms with E-state index in [0.29, 0.717) is 0 Å². The van der Waals surface area contributed by atoms with Crippen LogP contribution >= 0.6 is 0 Å². The summed E-state index contributed by atoms with van der Waals surface area (Å²) in [7, 11) is 0. The fraction of sp³-hybridized carbons (Fsp3) is 0.400. The van der Waals surface area contributed by atoms with E-state index in [1.165, 1.54) is 0 Å². The minimum atomic E-state index is -0.351. The van der Waals surface area contributed by atoms with Gasteiger partial charge in [0.1, 0.15) is 0 Å². The molecule has 0 aliphatic carbocycles. The van der Waals surface area contributed by atoms with Gasteiger partial charge in [0.05, 0.1) is 11.8 Å². The summed E-state index contributed by atoms with van der Waals surface area (Å²) in [5.74, 6) is 0. The number of H-pyrrole nitrogens is 1. The van der Waals surface area contributed by atoms with Crippen LogP contribution in [-0.2, 0) is 0 Å². The molecule has 1 heterocycles. The Morgan fingerprint density at radius 1 is 1.22 bits per heavy atom. The van der Waals surface area contributed by atoms with Gasteiger partial charge in [0.15, 0.2) is 0 Å². The van der Waals surface area contributed by atoms with Gasteiger partial charge < -0.3 is 5.11 Å². The van der Waals surface area contributed by atoms with Gasteiger partial charge in [0, 0.05) is 11.3 Å². The summed E-state index contributed by atoms with van der Waals surface area (Å²) in [5, 5.41) is 17.1. The molecule has 0 unspecified atom stereocenters. The molecule has 96 valence electrons. The van der Waals surface area contributed by atoms with Crippen molar-refractivity contribution in [2.24, 2.45) is 0 Å². The fourth-order valence-corrected chi connectivity index (χ4v) is 2.29. The topological polar surface area (TPSA) is 48.9 Å². The Bertz CT molecular complexity index is 494. The van der Waals surface area contributed by atoms with Crippen LogP contribution in [0.25, 0.3) is 11.1 Å². The van der Waals surface area contributed by atoms with E-state index in [1.807, 2.05) is 26.0 Å². The molecular formula is C15H20N2O. The molecule has 18 heavy (non-hydrogen) atoms. The second kappa shape index (κ2) is 5.36. The third kappa shape index (κ3) is 2.46. The zero-order chi connectivity index (χ0) is 13.1. The van der Waals surface area contributed by atoms with Crippen LogP contribution in [0.3, 0.4) is 0 Å². The second-order valence-electron chi connectivity index (χ2n) is 4.74. The molecule has 0 saturated carbocycles.